The Bertz CT molecular complexity index is 973. The van der Waals surface area contributed by atoms with Crippen LogP contribution in [0.5, 0.6) is 5.75 Å². The van der Waals surface area contributed by atoms with E-state index in [2.05, 4.69) is 20.1 Å². The minimum atomic E-state index is 0.0107. The van der Waals surface area contributed by atoms with Gasteiger partial charge in [0.15, 0.2) is 5.82 Å². The quantitative estimate of drug-likeness (QED) is 0.673. The summed E-state index contributed by atoms with van der Waals surface area (Å²) in [6, 6.07) is 5.58. The Morgan fingerprint density at radius 3 is 3.04 bits per heavy atom. The topological polar surface area (TPSA) is 94.2 Å². The van der Waals surface area contributed by atoms with Gasteiger partial charge in [-0.15, -0.1) is 0 Å². The van der Waals surface area contributed by atoms with Gasteiger partial charge in [-0.25, -0.2) is 4.98 Å². The molecule has 1 aromatic carbocycles. The average molecular weight is 379 g/mol. The third-order valence-corrected chi connectivity index (χ3v) is 5.04. The molecule has 3 heterocycles. The molecule has 1 saturated heterocycles. The van der Waals surface area contributed by atoms with Gasteiger partial charge in [0.1, 0.15) is 11.4 Å². The van der Waals surface area contributed by atoms with Crippen LogP contribution in [0.4, 0.5) is 0 Å². The molecule has 0 spiro atoms. The number of ether oxygens (including phenoxy) is 1. The molecule has 28 heavy (non-hydrogen) atoms. The summed E-state index contributed by atoms with van der Waals surface area (Å²) < 4.78 is 10.7. The molecule has 144 valence electrons. The first-order valence-corrected chi connectivity index (χ1v) is 9.21. The normalized spacial score (nSPS) is 16.4. The van der Waals surface area contributed by atoms with Crippen molar-refractivity contribution in [2.24, 2.45) is 0 Å². The van der Waals surface area contributed by atoms with Crippen molar-refractivity contribution in [1.29, 1.82) is 0 Å². The second kappa shape index (κ2) is 7.75. The van der Waals surface area contributed by atoms with E-state index in [1.165, 1.54) is 0 Å². The molecule has 1 amide bonds. The lowest BCUT2D eigenvalue weighted by Gasteiger charge is -2.25. The number of aromatic nitrogens is 4. The van der Waals surface area contributed by atoms with Crippen molar-refractivity contribution in [2.45, 2.75) is 32.2 Å². The largest absolute Gasteiger partial charge is 0.496 e. The number of hydrogen-bond acceptors (Lipinski definition) is 7. The summed E-state index contributed by atoms with van der Waals surface area (Å²) in [7, 11) is 1.61. The summed E-state index contributed by atoms with van der Waals surface area (Å²) in [6.45, 7) is 2.62. The first kappa shape index (κ1) is 18.1. The Morgan fingerprint density at radius 2 is 2.25 bits per heavy atom. The SMILES string of the molecule is COc1cccc(C(=O)N2CCCC2Cc2noc(-c3cnccn3)n2)c1C. The molecule has 1 aliphatic rings. The van der Waals surface area contributed by atoms with Crippen LogP contribution >= 0.6 is 0 Å². The molecule has 1 fully saturated rings. The highest BCUT2D eigenvalue weighted by atomic mass is 16.5. The first-order valence-electron chi connectivity index (χ1n) is 9.21. The fourth-order valence-electron chi connectivity index (χ4n) is 3.60. The molecule has 0 bridgehead atoms. The van der Waals surface area contributed by atoms with Gasteiger partial charge >= 0.3 is 0 Å². The minimum Gasteiger partial charge on any atom is -0.496 e. The summed E-state index contributed by atoms with van der Waals surface area (Å²) in [5.41, 5.74) is 2.05. The van der Waals surface area contributed by atoms with Gasteiger partial charge in [-0.1, -0.05) is 11.2 Å². The van der Waals surface area contributed by atoms with E-state index >= 15 is 0 Å². The van der Waals surface area contributed by atoms with Crippen LogP contribution in [0.2, 0.25) is 0 Å². The van der Waals surface area contributed by atoms with E-state index in [4.69, 9.17) is 9.26 Å². The van der Waals surface area contributed by atoms with Crippen molar-refractivity contribution in [1.82, 2.24) is 25.0 Å². The maximum absolute atomic E-state index is 13.2. The molecule has 2 aromatic heterocycles. The Labute approximate surface area is 162 Å². The fraction of sp³-hybridized carbons (Fsp3) is 0.350. The van der Waals surface area contributed by atoms with Crippen molar-refractivity contribution in [3.8, 4) is 17.3 Å². The van der Waals surface area contributed by atoms with Gasteiger partial charge in [-0.2, -0.15) is 4.98 Å². The van der Waals surface area contributed by atoms with E-state index in [1.54, 1.807) is 25.7 Å². The number of likely N-dealkylation sites (tertiary alicyclic amines) is 1. The molecule has 1 atom stereocenters. The van der Waals surface area contributed by atoms with E-state index in [0.29, 0.717) is 35.1 Å². The number of nitrogens with zero attached hydrogens (tertiary/aromatic N) is 5. The van der Waals surface area contributed by atoms with Gasteiger partial charge in [0.25, 0.3) is 11.8 Å². The van der Waals surface area contributed by atoms with E-state index in [9.17, 15) is 4.79 Å². The molecule has 0 saturated carbocycles. The number of carbonyl (C=O) groups excluding carboxylic acids is 1. The molecule has 3 aromatic rings. The van der Waals surface area contributed by atoms with Crippen molar-refractivity contribution < 1.29 is 14.1 Å². The molecule has 1 unspecified atom stereocenters. The summed E-state index contributed by atoms with van der Waals surface area (Å²) in [5, 5.41) is 4.06. The lowest BCUT2D eigenvalue weighted by atomic mass is 10.1. The highest BCUT2D eigenvalue weighted by Crippen LogP contribution is 2.27. The summed E-state index contributed by atoms with van der Waals surface area (Å²) in [6.07, 6.45) is 7.14. The fourth-order valence-corrected chi connectivity index (χ4v) is 3.60. The Hall–Kier alpha value is -3.29. The second-order valence-electron chi connectivity index (χ2n) is 6.74. The maximum atomic E-state index is 13.2. The number of benzene rings is 1. The highest BCUT2D eigenvalue weighted by molar-refractivity contribution is 5.96. The van der Waals surface area contributed by atoms with E-state index in [-0.39, 0.29) is 11.9 Å². The van der Waals surface area contributed by atoms with Crippen LogP contribution in [-0.4, -0.2) is 50.6 Å². The van der Waals surface area contributed by atoms with Crippen LogP contribution in [-0.2, 0) is 6.42 Å². The smallest absolute Gasteiger partial charge is 0.278 e. The zero-order valence-electron chi connectivity index (χ0n) is 15.8. The van der Waals surface area contributed by atoms with E-state index in [1.807, 2.05) is 30.0 Å². The minimum absolute atomic E-state index is 0.0107. The van der Waals surface area contributed by atoms with Gasteiger partial charge < -0.3 is 14.2 Å². The van der Waals surface area contributed by atoms with Crippen molar-refractivity contribution in [3.05, 3.63) is 53.7 Å². The van der Waals surface area contributed by atoms with Crippen LogP contribution in [0.3, 0.4) is 0 Å². The number of hydrogen-bond donors (Lipinski definition) is 0. The van der Waals surface area contributed by atoms with Crippen LogP contribution in [0.25, 0.3) is 11.6 Å². The van der Waals surface area contributed by atoms with Crippen LogP contribution in [0.15, 0.2) is 41.3 Å². The Balaban J connectivity index is 1.52. The van der Waals surface area contributed by atoms with E-state index in [0.717, 1.165) is 24.9 Å². The zero-order chi connectivity index (χ0) is 19.5. The third kappa shape index (κ3) is 3.45. The molecule has 4 rings (SSSR count). The third-order valence-electron chi connectivity index (χ3n) is 5.04. The molecular weight excluding hydrogens is 358 g/mol. The number of methoxy groups -OCH3 is 1. The predicted molar refractivity (Wildman–Crippen MR) is 101 cm³/mol. The monoisotopic (exact) mass is 379 g/mol. The van der Waals surface area contributed by atoms with E-state index < -0.39 is 0 Å². The molecule has 0 radical (unpaired) electrons. The average Bonchev–Trinajstić information content (AvgIpc) is 3.38. The molecule has 0 aliphatic carbocycles. The summed E-state index contributed by atoms with van der Waals surface area (Å²) in [4.78, 5) is 27.7. The van der Waals surface area contributed by atoms with Crippen LogP contribution in [0.1, 0.15) is 34.6 Å². The molecular formula is C20H21N5O3. The second-order valence-corrected chi connectivity index (χ2v) is 6.74. The molecule has 1 aliphatic heterocycles. The highest BCUT2D eigenvalue weighted by Gasteiger charge is 2.31. The van der Waals surface area contributed by atoms with Gasteiger partial charge in [-0.05, 0) is 31.9 Å². The molecule has 8 heteroatoms. The van der Waals surface area contributed by atoms with Gasteiger partial charge in [0.05, 0.1) is 13.3 Å². The number of amides is 1. The summed E-state index contributed by atoms with van der Waals surface area (Å²) >= 11 is 0. The lowest BCUT2D eigenvalue weighted by molar-refractivity contribution is 0.0733. The van der Waals surface area contributed by atoms with Crippen molar-refractivity contribution >= 4 is 5.91 Å². The lowest BCUT2D eigenvalue weighted by Crippen LogP contribution is -2.37. The van der Waals surface area contributed by atoms with Crippen LogP contribution < -0.4 is 4.74 Å². The standard InChI is InChI=1S/C20H21N5O3/c1-13-15(6-3-7-17(13)27-2)20(26)25-10-4-5-14(25)11-18-23-19(28-24-18)16-12-21-8-9-22-16/h3,6-9,12,14H,4-5,10-11H2,1-2H3. The van der Waals surface area contributed by atoms with Gasteiger partial charge in [0, 0.05) is 42.5 Å². The summed E-state index contributed by atoms with van der Waals surface area (Å²) in [5.74, 6) is 1.63. The Morgan fingerprint density at radius 1 is 1.36 bits per heavy atom. The molecule has 8 nitrogen and oxygen atoms in total. The maximum Gasteiger partial charge on any atom is 0.278 e. The van der Waals surface area contributed by atoms with Gasteiger partial charge in [0.2, 0.25) is 0 Å². The Kier molecular flexibility index (Phi) is 5.01. The number of rotatable bonds is 5. The predicted octanol–water partition coefficient (Wildman–Crippen LogP) is 2.69. The van der Waals surface area contributed by atoms with Crippen molar-refractivity contribution in [2.75, 3.05) is 13.7 Å². The first-order chi connectivity index (χ1) is 13.7. The molecule has 0 N–H and O–H groups in total. The van der Waals surface area contributed by atoms with Gasteiger partial charge in [-0.3, -0.25) is 9.78 Å². The zero-order valence-corrected chi connectivity index (χ0v) is 15.8. The number of carbonyl (C=O) groups is 1. The van der Waals surface area contributed by atoms with Crippen molar-refractivity contribution in [3.63, 3.8) is 0 Å². The van der Waals surface area contributed by atoms with Crippen LogP contribution in [0, 0.1) is 6.92 Å².